The molecule has 4 nitrogen and oxygen atoms in total. The van der Waals surface area contributed by atoms with Gasteiger partial charge in [-0.3, -0.25) is 4.79 Å². The lowest BCUT2D eigenvalue weighted by atomic mass is 10.1. The van der Waals surface area contributed by atoms with Crippen LogP contribution >= 0.6 is 23.2 Å². The molecule has 0 saturated carbocycles. The van der Waals surface area contributed by atoms with Crippen LogP contribution in [0.5, 0.6) is 0 Å². The number of fused-ring (bicyclic) bond motifs is 1. The van der Waals surface area contributed by atoms with Crippen LogP contribution in [0, 0.1) is 0 Å². The molecule has 23 heavy (non-hydrogen) atoms. The van der Waals surface area contributed by atoms with E-state index in [1.165, 1.54) is 0 Å². The monoisotopic (exact) mass is 348 g/mol. The van der Waals surface area contributed by atoms with Crippen LogP contribution in [0.1, 0.15) is 24.4 Å². The van der Waals surface area contributed by atoms with E-state index in [4.69, 9.17) is 23.2 Å². The third-order valence-electron chi connectivity index (χ3n) is 3.76. The Morgan fingerprint density at radius 2 is 1.96 bits per heavy atom. The van der Waals surface area contributed by atoms with Crippen molar-refractivity contribution in [2.75, 3.05) is 0 Å². The van der Waals surface area contributed by atoms with Gasteiger partial charge in [-0.15, -0.1) is 0 Å². The molecular weight excluding hydrogens is 333 g/mol. The van der Waals surface area contributed by atoms with E-state index in [1.807, 2.05) is 24.3 Å². The molecule has 0 aliphatic rings. The summed E-state index contributed by atoms with van der Waals surface area (Å²) in [7, 11) is 0. The summed E-state index contributed by atoms with van der Waals surface area (Å²) < 4.78 is 0. The maximum atomic E-state index is 12.1. The van der Waals surface area contributed by atoms with Gasteiger partial charge in [0, 0.05) is 15.6 Å². The van der Waals surface area contributed by atoms with Crippen LogP contribution in [-0.2, 0) is 6.54 Å². The van der Waals surface area contributed by atoms with E-state index in [2.05, 4.69) is 22.2 Å². The van der Waals surface area contributed by atoms with Gasteiger partial charge in [0.2, 0.25) is 0 Å². The van der Waals surface area contributed by atoms with Gasteiger partial charge >= 0.3 is 0 Å². The predicted molar refractivity (Wildman–Crippen MR) is 92.9 cm³/mol. The number of nitrogens with zero attached hydrogens (tertiary/aromatic N) is 1. The number of halogens is 2. The fourth-order valence-corrected chi connectivity index (χ4v) is 2.84. The van der Waals surface area contributed by atoms with Crippen molar-refractivity contribution in [3.8, 4) is 0 Å². The predicted octanol–water partition coefficient (Wildman–Crippen LogP) is 3.05. The SMILES string of the molecule is C[C@@H]([NH2+]Cc1nc2cc(Cl)ccc2c(=O)[nH]1)c1cccc(Cl)c1. The molecule has 0 aliphatic carbocycles. The Hall–Kier alpha value is -1.88. The number of quaternary nitrogens is 1. The molecule has 0 spiro atoms. The number of hydrogen-bond donors (Lipinski definition) is 2. The van der Waals surface area contributed by atoms with Crippen LogP contribution in [0.3, 0.4) is 0 Å². The number of benzene rings is 2. The van der Waals surface area contributed by atoms with Gasteiger partial charge in [0.15, 0.2) is 5.82 Å². The Bertz CT molecular complexity index is 908. The zero-order chi connectivity index (χ0) is 16.4. The van der Waals surface area contributed by atoms with E-state index < -0.39 is 0 Å². The third-order valence-corrected chi connectivity index (χ3v) is 4.23. The lowest BCUT2D eigenvalue weighted by Crippen LogP contribution is -2.83. The minimum absolute atomic E-state index is 0.148. The molecule has 1 aromatic heterocycles. The maximum Gasteiger partial charge on any atom is 0.258 e. The van der Waals surface area contributed by atoms with Gasteiger partial charge in [-0.05, 0) is 37.3 Å². The van der Waals surface area contributed by atoms with Gasteiger partial charge in [-0.1, -0.05) is 35.3 Å². The van der Waals surface area contributed by atoms with Gasteiger partial charge in [-0.25, -0.2) is 4.98 Å². The highest BCUT2D eigenvalue weighted by molar-refractivity contribution is 6.31. The molecule has 1 heterocycles. The van der Waals surface area contributed by atoms with E-state index in [9.17, 15) is 4.79 Å². The molecule has 118 valence electrons. The molecule has 2 aromatic carbocycles. The highest BCUT2D eigenvalue weighted by atomic mass is 35.5. The van der Waals surface area contributed by atoms with E-state index in [1.54, 1.807) is 18.2 Å². The maximum absolute atomic E-state index is 12.1. The third kappa shape index (κ3) is 3.72. The van der Waals surface area contributed by atoms with Crippen LogP contribution in [0.2, 0.25) is 10.0 Å². The van der Waals surface area contributed by atoms with Crippen LogP contribution in [-0.4, -0.2) is 9.97 Å². The van der Waals surface area contributed by atoms with Crippen molar-refractivity contribution >= 4 is 34.1 Å². The summed E-state index contributed by atoms with van der Waals surface area (Å²) in [5.41, 5.74) is 1.59. The molecule has 1 atom stereocenters. The Labute approximate surface area is 143 Å². The molecule has 3 N–H and O–H groups in total. The number of rotatable bonds is 4. The average molecular weight is 349 g/mol. The fraction of sp³-hybridized carbons (Fsp3) is 0.176. The summed E-state index contributed by atoms with van der Waals surface area (Å²) in [6.45, 7) is 2.65. The van der Waals surface area contributed by atoms with E-state index >= 15 is 0 Å². The van der Waals surface area contributed by atoms with Gasteiger partial charge in [-0.2, -0.15) is 0 Å². The fourth-order valence-electron chi connectivity index (χ4n) is 2.47. The molecular formula is C17H16Cl2N3O+. The first-order valence-corrected chi connectivity index (χ1v) is 8.06. The largest absolute Gasteiger partial charge is 0.334 e. The molecule has 0 aliphatic heterocycles. The zero-order valence-corrected chi connectivity index (χ0v) is 14.0. The quantitative estimate of drug-likeness (QED) is 0.761. The summed E-state index contributed by atoms with van der Waals surface area (Å²) in [5, 5.41) is 3.92. The number of aromatic amines is 1. The van der Waals surface area contributed by atoms with Crippen LogP contribution in [0.25, 0.3) is 10.9 Å². The van der Waals surface area contributed by atoms with E-state index in [-0.39, 0.29) is 11.6 Å². The molecule has 3 rings (SSSR count). The van der Waals surface area contributed by atoms with Crippen molar-refractivity contribution < 1.29 is 5.32 Å². The van der Waals surface area contributed by atoms with E-state index in [0.717, 1.165) is 10.6 Å². The van der Waals surface area contributed by atoms with Crippen molar-refractivity contribution in [3.05, 3.63) is 74.3 Å². The number of H-pyrrole nitrogens is 1. The molecule has 6 heteroatoms. The number of nitrogens with one attached hydrogen (secondary N) is 1. The summed E-state index contributed by atoms with van der Waals surface area (Å²) >= 11 is 12.0. The van der Waals surface area contributed by atoms with Crippen LogP contribution in [0.15, 0.2) is 47.3 Å². The molecule has 0 fully saturated rings. The van der Waals surface area contributed by atoms with Crippen molar-refractivity contribution in [2.45, 2.75) is 19.5 Å². The minimum Gasteiger partial charge on any atom is -0.334 e. The van der Waals surface area contributed by atoms with Gasteiger partial charge < -0.3 is 10.3 Å². The highest BCUT2D eigenvalue weighted by Crippen LogP contribution is 2.16. The Balaban J connectivity index is 1.80. The summed E-state index contributed by atoms with van der Waals surface area (Å²) in [4.78, 5) is 19.4. The minimum atomic E-state index is -0.148. The number of aromatic nitrogens is 2. The van der Waals surface area contributed by atoms with Crippen LogP contribution in [0.4, 0.5) is 0 Å². The lowest BCUT2D eigenvalue weighted by Gasteiger charge is -2.11. The molecule has 0 radical (unpaired) electrons. The second-order valence-electron chi connectivity index (χ2n) is 5.46. The normalized spacial score (nSPS) is 12.5. The second kappa shape index (κ2) is 6.71. The topological polar surface area (TPSA) is 62.4 Å². The van der Waals surface area contributed by atoms with Gasteiger partial charge in [0.1, 0.15) is 12.6 Å². The van der Waals surface area contributed by atoms with Gasteiger partial charge in [0.25, 0.3) is 5.56 Å². The summed E-state index contributed by atoms with van der Waals surface area (Å²) in [5.74, 6) is 0.624. The first-order chi connectivity index (χ1) is 11.0. The van der Waals surface area contributed by atoms with Crippen LogP contribution < -0.4 is 10.9 Å². The first-order valence-electron chi connectivity index (χ1n) is 7.30. The first kappa shape index (κ1) is 16.0. The van der Waals surface area contributed by atoms with Crippen molar-refractivity contribution in [1.29, 1.82) is 0 Å². The zero-order valence-electron chi connectivity index (χ0n) is 12.5. The number of hydrogen-bond acceptors (Lipinski definition) is 2. The molecule has 0 bridgehead atoms. The van der Waals surface area contributed by atoms with E-state index in [0.29, 0.717) is 28.3 Å². The Morgan fingerprint density at radius 3 is 2.74 bits per heavy atom. The number of nitrogens with two attached hydrogens (primary N) is 1. The van der Waals surface area contributed by atoms with Crippen molar-refractivity contribution in [1.82, 2.24) is 9.97 Å². The highest BCUT2D eigenvalue weighted by Gasteiger charge is 2.11. The van der Waals surface area contributed by atoms with Crippen molar-refractivity contribution in [3.63, 3.8) is 0 Å². The smallest absolute Gasteiger partial charge is 0.258 e. The Kier molecular flexibility index (Phi) is 4.66. The van der Waals surface area contributed by atoms with Gasteiger partial charge in [0.05, 0.1) is 10.9 Å². The molecule has 0 saturated heterocycles. The average Bonchev–Trinajstić information content (AvgIpc) is 2.52. The summed E-state index contributed by atoms with van der Waals surface area (Å²) in [6, 6.07) is 13.0. The standard InChI is InChI=1S/C17H15Cl2N3O/c1-10(11-3-2-4-12(18)7-11)20-9-16-21-15-8-13(19)5-6-14(15)17(23)22-16/h2-8,10,20H,9H2,1H3,(H,21,22,23)/p+1/t10-/m1/s1. The Morgan fingerprint density at radius 1 is 1.17 bits per heavy atom. The molecule has 0 amide bonds. The second-order valence-corrected chi connectivity index (χ2v) is 6.33. The van der Waals surface area contributed by atoms with Crippen molar-refractivity contribution in [2.24, 2.45) is 0 Å². The lowest BCUT2D eigenvalue weighted by molar-refractivity contribution is -0.708. The molecule has 3 aromatic rings. The summed E-state index contributed by atoms with van der Waals surface area (Å²) in [6.07, 6.45) is 0. The molecule has 0 unspecified atom stereocenters.